The summed E-state index contributed by atoms with van der Waals surface area (Å²) in [5.41, 5.74) is 8.77. The Morgan fingerprint density at radius 2 is 1.52 bits per heavy atom. The van der Waals surface area contributed by atoms with Crippen LogP contribution in [0.2, 0.25) is 0 Å². The summed E-state index contributed by atoms with van der Waals surface area (Å²) in [6.45, 7) is 0. The Hall–Kier alpha value is -3.48. The molecule has 0 spiro atoms. The predicted octanol–water partition coefficient (Wildman–Crippen LogP) is 1.50. The van der Waals surface area contributed by atoms with Crippen molar-refractivity contribution < 1.29 is 24.3 Å². The number of carbonyl (C=O) groups is 4. The van der Waals surface area contributed by atoms with Gasteiger partial charge < -0.3 is 31.8 Å². The van der Waals surface area contributed by atoms with Crippen LogP contribution in [-0.2, 0) is 32.0 Å². The van der Waals surface area contributed by atoms with Gasteiger partial charge in [0.25, 0.3) is 0 Å². The fourth-order valence-corrected chi connectivity index (χ4v) is 4.92. The first-order valence-corrected chi connectivity index (χ1v) is 14.8. The molecule has 3 amide bonds. The van der Waals surface area contributed by atoms with E-state index in [2.05, 4.69) is 33.6 Å². The largest absolute Gasteiger partial charge is 0.480 e. The van der Waals surface area contributed by atoms with Crippen molar-refractivity contribution in [2.45, 2.75) is 43.4 Å². The molecule has 0 aliphatic rings. The van der Waals surface area contributed by atoms with Crippen molar-refractivity contribution in [3.63, 3.8) is 0 Å². The Morgan fingerprint density at radius 3 is 2.20 bits per heavy atom. The first kappa shape index (κ1) is 31.1. The molecular formula is C28H35N5O5S2. The standard InChI is InChI=1S/C28H35N5O5S2/c1-40-12-11-22(26(35)33-24(16-39)28(37)38)31-27(36)23(14-18-15-30-21-10-6-5-9-19(18)21)32-25(34)20(29)13-17-7-3-2-4-8-17/h2-10,15,20,22-24,30,39H,11-14,16,29H2,1H3,(H,31,36)(H,32,34)(H,33,35)(H,37,38). The van der Waals surface area contributed by atoms with Crippen LogP contribution >= 0.6 is 24.4 Å². The molecule has 0 radical (unpaired) electrons. The molecule has 3 rings (SSSR count). The number of carboxylic acid groups (broad SMARTS) is 1. The molecule has 40 heavy (non-hydrogen) atoms. The Bertz CT molecular complexity index is 1300. The van der Waals surface area contributed by atoms with E-state index in [0.29, 0.717) is 5.75 Å². The van der Waals surface area contributed by atoms with Crippen LogP contribution in [0.5, 0.6) is 0 Å². The van der Waals surface area contributed by atoms with Crippen LogP contribution < -0.4 is 21.7 Å². The van der Waals surface area contributed by atoms with Gasteiger partial charge in [0.1, 0.15) is 18.1 Å². The highest BCUT2D eigenvalue weighted by Gasteiger charge is 2.30. The number of thioether (sulfide) groups is 1. The number of carboxylic acids is 1. The minimum absolute atomic E-state index is 0.108. The molecule has 0 aliphatic carbocycles. The number of H-pyrrole nitrogens is 1. The molecule has 0 fully saturated rings. The maximum Gasteiger partial charge on any atom is 0.327 e. The number of amides is 3. The van der Waals surface area contributed by atoms with Gasteiger partial charge in [0, 0.05) is 29.3 Å². The molecule has 0 bridgehead atoms. The predicted molar refractivity (Wildman–Crippen MR) is 160 cm³/mol. The monoisotopic (exact) mass is 585 g/mol. The molecule has 1 heterocycles. The SMILES string of the molecule is CSCCC(NC(=O)C(Cc1c[nH]c2ccccc12)NC(=O)C(N)Cc1ccccc1)C(=O)NC(CS)C(=O)O. The van der Waals surface area contributed by atoms with Crippen molar-refractivity contribution in [2.24, 2.45) is 5.73 Å². The van der Waals surface area contributed by atoms with Crippen LogP contribution in [0.15, 0.2) is 60.8 Å². The number of hydrogen-bond donors (Lipinski definition) is 7. The van der Waals surface area contributed by atoms with Crippen molar-refractivity contribution >= 4 is 59.0 Å². The minimum Gasteiger partial charge on any atom is -0.480 e. The maximum atomic E-state index is 13.6. The Morgan fingerprint density at radius 1 is 0.900 bits per heavy atom. The number of aliphatic carboxylic acids is 1. The second-order valence-electron chi connectivity index (χ2n) is 9.35. The van der Waals surface area contributed by atoms with Crippen LogP contribution in [0.25, 0.3) is 10.9 Å². The van der Waals surface area contributed by atoms with E-state index in [1.807, 2.05) is 60.9 Å². The third-order valence-electron chi connectivity index (χ3n) is 6.41. The van der Waals surface area contributed by atoms with E-state index in [4.69, 9.17) is 5.73 Å². The zero-order valence-electron chi connectivity index (χ0n) is 22.1. The van der Waals surface area contributed by atoms with Gasteiger partial charge in [-0.1, -0.05) is 48.5 Å². The van der Waals surface area contributed by atoms with E-state index < -0.39 is 47.9 Å². The molecule has 3 aromatic rings. The zero-order valence-corrected chi connectivity index (χ0v) is 23.8. The number of nitrogens with two attached hydrogens (primary N) is 1. The summed E-state index contributed by atoms with van der Waals surface area (Å²) in [6.07, 6.45) is 4.33. The van der Waals surface area contributed by atoms with E-state index in [1.165, 1.54) is 11.8 Å². The van der Waals surface area contributed by atoms with Crippen LogP contribution in [0, 0.1) is 0 Å². The van der Waals surface area contributed by atoms with Crippen molar-refractivity contribution in [1.82, 2.24) is 20.9 Å². The number of thiol groups is 1. The number of benzene rings is 2. The highest BCUT2D eigenvalue weighted by atomic mass is 32.2. The second-order valence-corrected chi connectivity index (χ2v) is 10.7. The average Bonchev–Trinajstić information content (AvgIpc) is 3.36. The van der Waals surface area contributed by atoms with Crippen molar-refractivity contribution in [2.75, 3.05) is 17.8 Å². The van der Waals surface area contributed by atoms with Crippen molar-refractivity contribution in [3.8, 4) is 0 Å². The molecule has 10 nitrogen and oxygen atoms in total. The number of hydrogen-bond acceptors (Lipinski definition) is 7. The summed E-state index contributed by atoms with van der Waals surface area (Å²) < 4.78 is 0. The van der Waals surface area contributed by atoms with Crippen molar-refractivity contribution in [1.29, 1.82) is 0 Å². The molecule has 0 saturated heterocycles. The molecular weight excluding hydrogens is 550 g/mol. The summed E-state index contributed by atoms with van der Waals surface area (Å²) in [5.74, 6) is -2.52. The highest BCUT2D eigenvalue weighted by molar-refractivity contribution is 7.98. The molecule has 2 aromatic carbocycles. The van der Waals surface area contributed by atoms with Gasteiger partial charge in [0.15, 0.2) is 0 Å². The van der Waals surface area contributed by atoms with E-state index in [1.54, 1.807) is 6.20 Å². The number of carbonyl (C=O) groups excluding carboxylic acids is 3. The van der Waals surface area contributed by atoms with E-state index in [0.717, 1.165) is 22.0 Å². The molecule has 1 aromatic heterocycles. The van der Waals surface area contributed by atoms with E-state index in [-0.39, 0.29) is 25.0 Å². The highest BCUT2D eigenvalue weighted by Crippen LogP contribution is 2.19. The number of rotatable bonds is 15. The fraction of sp³-hybridized carbons (Fsp3) is 0.357. The fourth-order valence-electron chi connectivity index (χ4n) is 4.20. The van der Waals surface area contributed by atoms with Crippen LogP contribution in [0.4, 0.5) is 0 Å². The third-order valence-corrected chi connectivity index (χ3v) is 7.42. The van der Waals surface area contributed by atoms with Gasteiger partial charge in [0.2, 0.25) is 17.7 Å². The van der Waals surface area contributed by atoms with Gasteiger partial charge in [-0.15, -0.1) is 0 Å². The summed E-state index contributed by atoms with van der Waals surface area (Å²) in [7, 11) is 0. The molecule has 4 atom stereocenters. The lowest BCUT2D eigenvalue weighted by atomic mass is 10.0. The average molecular weight is 586 g/mol. The summed E-state index contributed by atoms with van der Waals surface area (Å²) in [6, 6.07) is 12.8. The Kier molecular flexibility index (Phi) is 11.9. The van der Waals surface area contributed by atoms with Gasteiger partial charge in [-0.2, -0.15) is 24.4 Å². The van der Waals surface area contributed by atoms with Gasteiger partial charge in [0.05, 0.1) is 6.04 Å². The number of para-hydroxylation sites is 1. The minimum atomic E-state index is -1.23. The topological polar surface area (TPSA) is 166 Å². The molecule has 214 valence electrons. The summed E-state index contributed by atoms with van der Waals surface area (Å²) in [5, 5.41) is 18.1. The lowest BCUT2D eigenvalue weighted by molar-refractivity contribution is -0.141. The normalized spacial score (nSPS) is 14.1. The molecule has 0 aliphatic heterocycles. The maximum absolute atomic E-state index is 13.6. The van der Waals surface area contributed by atoms with Gasteiger partial charge in [-0.25, -0.2) is 4.79 Å². The quantitative estimate of drug-likeness (QED) is 0.133. The van der Waals surface area contributed by atoms with Crippen LogP contribution in [-0.4, -0.2) is 75.7 Å². The molecule has 0 saturated carbocycles. The summed E-state index contributed by atoms with van der Waals surface area (Å²) >= 11 is 5.47. The van der Waals surface area contributed by atoms with Crippen LogP contribution in [0.1, 0.15) is 17.5 Å². The van der Waals surface area contributed by atoms with Gasteiger partial charge >= 0.3 is 5.97 Å². The lowest BCUT2D eigenvalue weighted by Crippen LogP contribution is -2.58. The summed E-state index contributed by atoms with van der Waals surface area (Å²) in [4.78, 5) is 54.3. The number of aromatic amines is 1. The van der Waals surface area contributed by atoms with E-state index in [9.17, 15) is 24.3 Å². The Balaban J connectivity index is 1.81. The number of fused-ring (bicyclic) bond motifs is 1. The zero-order chi connectivity index (χ0) is 29.1. The number of aromatic nitrogens is 1. The third kappa shape index (κ3) is 8.77. The smallest absolute Gasteiger partial charge is 0.327 e. The Labute approximate surface area is 242 Å². The van der Waals surface area contributed by atoms with Gasteiger partial charge in [-0.05, 0) is 42.0 Å². The lowest BCUT2D eigenvalue weighted by Gasteiger charge is -2.25. The number of nitrogens with one attached hydrogen (secondary N) is 4. The molecule has 4 unspecified atom stereocenters. The first-order valence-electron chi connectivity index (χ1n) is 12.8. The van der Waals surface area contributed by atoms with E-state index >= 15 is 0 Å². The first-order chi connectivity index (χ1) is 19.2. The van der Waals surface area contributed by atoms with Crippen molar-refractivity contribution in [3.05, 3.63) is 71.9 Å². The molecule has 7 N–H and O–H groups in total. The van der Waals surface area contributed by atoms with Gasteiger partial charge in [-0.3, -0.25) is 14.4 Å². The second kappa shape index (κ2) is 15.3. The van der Waals surface area contributed by atoms with Crippen LogP contribution in [0.3, 0.4) is 0 Å². The molecule has 12 heteroatoms.